The van der Waals surface area contributed by atoms with Gasteiger partial charge in [0.25, 0.3) is 5.91 Å². The molecule has 0 bridgehead atoms. The number of aromatic nitrogens is 4. The molecule has 28 heavy (non-hydrogen) atoms. The van der Waals surface area contributed by atoms with Gasteiger partial charge in [0, 0.05) is 24.5 Å². The topological polar surface area (TPSA) is 92.7 Å². The van der Waals surface area contributed by atoms with Crippen molar-refractivity contribution >= 4 is 41.0 Å². The maximum Gasteiger partial charge on any atom is 0.259 e. The zero-order chi connectivity index (χ0) is 19.9. The van der Waals surface area contributed by atoms with E-state index in [2.05, 4.69) is 37.5 Å². The average molecular weight is 417 g/mol. The van der Waals surface area contributed by atoms with Gasteiger partial charge in [0.1, 0.15) is 0 Å². The molecule has 3 aromatic rings. The number of nitrogens with zero attached hydrogens (tertiary/aromatic N) is 4. The van der Waals surface area contributed by atoms with Gasteiger partial charge in [0.05, 0.1) is 15.6 Å². The number of anilines is 2. The molecule has 0 atom stereocenters. The molecule has 9 heteroatoms. The predicted molar refractivity (Wildman–Crippen MR) is 111 cm³/mol. The number of hydrogen-bond donors (Lipinski definition) is 2. The maximum atomic E-state index is 12.4. The largest absolute Gasteiger partial charge is 0.354 e. The Hall–Kier alpha value is -2.77. The van der Waals surface area contributed by atoms with Crippen molar-refractivity contribution in [1.82, 2.24) is 19.9 Å². The van der Waals surface area contributed by atoms with Crippen LogP contribution in [0.1, 0.15) is 30.1 Å². The van der Waals surface area contributed by atoms with Gasteiger partial charge in [-0.25, -0.2) is 0 Å². The molecule has 144 valence electrons. The van der Waals surface area contributed by atoms with Crippen molar-refractivity contribution in [2.75, 3.05) is 17.2 Å². The normalized spacial score (nSPS) is 10.5. The molecule has 0 radical (unpaired) electrons. The first-order valence-electron chi connectivity index (χ1n) is 8.73. The number of carbonyl (C=O) groups is 1. The number of amides is 1. The van der Waals surface area contributed by atoms with E-state index in [0.29, 0.717) is 39.5 Å². The van der Waals surface area contributed by atoms with Crippen molar-refractivity contribution in [3.05, 3.63) is 58.3 Å². The lowest BCUT2D eigenvalue weighted by atomic mass is 10.2. The Morgan fingerprint density at radius 3 is 2.61 bits per heavy atom. The lowest BCUT2D eigenvalue weighted by Gasteiger charge is -2.10. The lowest BCUT2D eigenvalue weighted by molar-refractivity contribution is 0.102. The van der Waals surface area contributed by atoms with Crippen molar-refractivity contribution in [2.24, 2.45) is 0 Å². The Morgan fingerprint density at radius 1 is 1.07 bits per heavy atom. The molecule has 0 spiro atoms. The highest BCUT2D eigenvalue weighted by atomic mass is 35.5. The van der Waals surface area contributed by atoms with E-state index in [9.17, 15) is 4.79 Å². The van der Waals surface area contributed by atoms with Crippen LogP contribution in [0.5, 0.6) is 0 Å². The van der Waals surface area contributed by atoms with Crippen molar-refractivity contribution in [1.29, 1.82) is 0 Å². The summed E-state index contributed by atoms with van der Waals surface area (Å²) in [7, 11) is 0. The third-order valence-corrected chi connectivity index (χ3v) is 4.51. The van der Waals surface area contributed by atoms with Crippen LogP contribution in [0, 0.1) is 0 Å². The van der Waals surface area contributed by atoms with Crippen LogP contribution < -0.4 is 10.6 Å². The molecular weight excluding hydrogens is 399 g/mol. The van der Waals surface area contributed by atoms with Crippen molar-refractivity contribution in [3.8, 4) is 11.4 Å². The van der Waals surface area contributed by atoms with E-state index < -0.39 is 0 Å². The van der Waals surface area contributed by atoms with Crippen molar-refractivity contribution in [3.63, 3.8) is 0 Å². The molecule has 2 N–H and O–H groups in total. The van der Waals surface area contributed by atoms with Crippen LogP contribution in [0.3, 0.4) is 0 Å². The zero-order valence-corrected chi connectivity index (χ0v) is 16.6. The van der Waals surface area contributed by atoms with Crippen LogP contribution >= 0.6 is 23.2 Å². The Kier molecular flexibility index (Phi) is 6.73. The minimum atomic E-state index is -0.362. The van der Waals surface area contributed by atoms with Gasteiger partial charge >= 0.3 is 0 Å². The minimum Gasteiger partial charge on any atom is -0.354 e. The molecule has 0 aliphatic carbocycles. The van der Waals surface area contributed by atoms with Crippen LogP contribution in [-0.2, 0) is 0 Å². The zero-order valence-electron chi connectivity index (χ0n) is 15.1. The average Bonchev–Trinajstić information content (AvgIpc) is 2.71. The maximum absolute atomic E-state index is 12.4. The van der Waals surface area contributed by atoms with E-state index in [1.807, 2.05) is 0 Å². The summed E-state index contributed by atoms with van der Waals surface area (Å²) >= 11 is 12.1. The fourth-order valence-electron chi connectivity index (χ4n) is 2.32. The second kappa shape index (κ2) is 9.43. The molecule has 3 rings (SSSR count). The molecule has 7 nitrogen and oxygen atoms in total. The van der Waals surface area contributed by atoms with Gasteiger partial charge in [0.15, 0.2) is 5.82 Å². The van der Waals surface area contributed by atoms with Gasteiger partial charge in [-0.3, -0.25) is 15.1 Å². The fourth-order valence-corrected chi connectivity index (χ4v) is 2.62. The van der Waals surface area contributed by atoms with Crippen LogP contribution in [0.2, 0.25) is 10.0 Å². The predicted octanol–water partition coefficient (Wildman–Crippen LogP) is 4.70. The Morgan fingerprint density at radius 2 is 1.89 bits per heavy atom. The van der Waals surface area contributed by atoms with Crippen molar-refractivity contribution in [2.45, 2.75) is 19.8 Å². The summed E-state index contributed by atoms with van der Waals surface area (Å²) in [6.45, 7) is 2.80. The first-order chi connectivity index (χ1) is 13.6. The van der Waals surface area contributed by atoms with Gasteiger partial charge in [-0.2, -0.15) is 15.0 Å². The molecule has 0 saturated heterocycles. The highest BCUT2D eigenvalue weighted by Gasteiger charge is 2.13. The van der Waals surface area contributed by atoms with Gasteiger partial charge in [-0.1, -0.05) is 36.5 Å². The Labute approximate surface area is 172 Å². The molecule has 2 aromatic heterocycles. The van der Waals surface area contributed by atoms with Gasteiger partial charge in [0.2, 0.25) is 11.9 Å². The molecule has 2 heterocycles. The summed E-state index contributed by atoms with van der Waals surface area (Å²) in [6.07, 6.45) is 5.06. The Bertz CT molecular complexity index is 968. The highest BCUT2D eigenvalue weighted by Crippen LogP contribution is 2.27. The quantitative estimate of drug-likeness (QED) is 0.541. The van der Waals surface area contributed by atoms with Gasteiger partial charge in [-0.15, -0.1) is 0 Å². The number of unbranched alkanes of at least 4 members (excludes halogenated alkanes) is 1. The van der Waals surface area contributed by atoms with E-state index in [1.54, 1.807) is 36.5 Å². The van der Waals surface area contributed by atoms with Crippen LogP contribution in [-0.4, -0.2) is 32.4 Å². The molecule has 0 saturated carbocycles. The summed E-state index contributed by atoms with van der Waals surface area (Å²) in [4.78, 5) is 29.4. The summed E-state index contributed by atoms with van der Waals surface area (Å²) in [5.41, 5.74) is 1.06. The summed E-state index contributed by atoms with van der Waals surface area (Å²) < 4.78 is 0. The van der Waals surface area contributed by atoms with E-state index in [0.717, 1.165) is 12.8 Å². The number of halogens is 2. The third kappa shape index (κ3) is 5.15. The standard InChI is InChI=1S/C19H18Cl2N6O/c1-2-3-9-23-18-24-16(12-6-7-14(20)15(21)10-12)25-19(27-18)26-17(28)13-5-4-8-22-11-13/h4-8,10-11H,2-3,9H2,1H3,(H2,23,24,25,26,27,28). The van der Waals surface area contributed by atoms with Crippen LogP contribution in [0.15, 0.2) is 42.7 Å². The second-order valence-electron chi connectivity index (χ2n) is 5.91. The third-order valence-electron chi connectivity index (χ3n) is 3.78. The summed E-state index contributed by atoms with van der Waals surface area (Å²) in [5.74, 6) is 0.503. The second-order valence-corrected chi connectivity index (χ2v) is 6.73. The number of carbonyl (C=O) groups excluding carboxylic acids is 1. The van der Waals surface area contributed by atoms with Gasteiger partial charge in [-0.05, 0) is 36.8 Å². The number of hydrogen-bond acceptors (Lipinski definition) is 6. The highest BCUT2D eigenvalue weighted by molar-refractivity contribution is 6.42. The van der Waals surface area contributed by atoms with E-state index in [-0.39, 0.29) is 11.9 Å². The molecule has 1 aromatic carbocycles. The summed E-state index contributed by atoms with van der Waals surface area (Å²) in [5, 5.41) is 6.66. The summed E-state index contributed by atoms with van der Waals surface area (Å²) in [6, 6.07) is 8.43. The fraction of sp³-hybridized carbons (Fsp3) is 0.211. The first kappa shape index (κ1) is 20.0. The molecule has 0 fully saturated rings. The SMILES string of the molecule is CCCCNc1nc(NC(=O)c2cccnc2)nc(-c2ccc(Cl)c(Cl)c2)n1. The van der Waals surface area contributed by atoms with Crippen molar-refractivity contribution < 1.29 is 4.79 Å². The lowest BCUT2D eigenvalue weighted by Crippen LogP contribution is -2.16. The van der Waals surface area contributed by atoms with E-state index in [1.165, 1.54) is 6.20 Å². The van der Waals surface area contributed by atoms with Gasteiger partial charge < -0.3 is 5.32 Å². The van der Waals surface area contributed by atoms with E-state index in [4.69, 9.17) is 23.2 Å². The number of pyridine rings is 1. The molecule has 1 amide bonds. The van der Waals surface area contributed by atoms with E-state index >= 15 is 0 Å². The van der Waals surface area contributed by atoms with Crippen LogP contribution in [0.4, 0.5) is 11.9 Å². The first-order valence-corrected chi connectivity index (χ1v) is 9.49. The molecular formula is C19H18Cl2N6O. The smallest absolute Gasteiger partial charge is 0.259 e. The molecule has 0 unspecified atom stereocenters. The number of rotatable bonds is 7. The molecule has 0 aliphatic heterocycles. The number of benzene rings is 1. The molecule has 0 aliphatic rings. The van der Waals surface area contributed by atoms with Crippen LogP contribution in [0.25, 0.3) is 11.4 Å². The Balaban J connectivity index is 1.92. The monoisotopic (exact) mass is 416 g/mol. The minimum absolute atomic E-state index is 0.129. The number of nitrogens with one attached hydrogen (secondary N) is 2.